The standard InChI is InChI=1S/C42H66N4O6/c1-4-6-8-10-15-19-23-33-26-28-37(47)35(30-33)41(51)45-43-39(49)25-21-17-13-12-14-18-22-32(3)40(50)44-46-42(52)36-31-34(27-29-38(36)48)24-20-16-11-9-7-5-2/h26-32,47-48H,4-25H2,1-3H3,(H,43,49)(H,44,50)(H,45,51)(H,46,52). The molecular weight excluding hydrogens is 656 g/mol. The number of carbonyl (C=O) groups excluding carboxylic acids is 4. The Bertz CT molecular complexity index is 1360. The Morgan fingerprint density at radius 1 is 0.538 bits per heavy atom. The molecule has 10 nitrogen and oxygen atoms in total. The van der Waals surface area contributed by atoms with Crippen LogP contribution in [0.5, 0.6) is 11.5 Å². The molecule has 0 aliphatic carbocycles. The van der Waals surface area contributed by atoms with Crippen molar-refractivity contribution in [3.63, 3.8) is 0 Å². The van der Waals surface area contributed by atoms with Crippen LogP contribution in [0, 0.1) is 5.92 Å². The fourth-order valence-corrected chi connectivity index (χ4v) is 6.20. The number of nitrogens with one attached hydrogen (secondary N) is 4. The summed E-state index contributed by atoms with van der Waals surface area (Å²) in [6.07, 6.45) is 22.2. The van der Waals surface area contributed by atoms with E-state index in [9.17, 15) is 29.4 Å². The number of hydrogen-bond donors (Lipinski definition) is 6. The van der Waals surface area contributed by atoms with E-state index in [4.69, 9.17) is 0 Å². The summed E-state index contributed by atoms with van der Waals surface area (Å²) >= 11 is 0. The van der Waals surface area contributed by atoms with Crippen LogP contribution in [0.4, 0.5) is 0 Å². The van der Waals surface area contributed by atoms with E-state index in [-0.39, 0.29) is 46.8 Å². The number of aryl methyl sites for hydroxylation is 2. The van der Waals surface area contributed by atoms with Crippen molar-refractivity contribution in [2.75, 3.05) is 0 Å². The van der Waals surface area contributed by atoms with Gasteiger partial charge in [-0.2, -0.15) is 0 Å². The number of phenols is 2. The molecule has 1 unspecified atom stereocenters. The number of benzene rings is 2. The minimum atomic E-state index is -0.540. The van der Waals surface area contributed by atoms with Gasteiger partial charge < -0.3 is 10.2 Å². The fraction of sp³-hybridized carbons (Fsp3) is 0.619. The molecule has 0 bridgehead atoms. The number of hydrazine groups is 2. The summed E-state index contributed by atoms with van der Waals surface area (Å²) in [6, 6.07) is 10.1. The van der Waals surface area contributed by atoms with Crippen molar-refractivity contribution in [2.45, 2.75) is 162 Å². The van der Waals surface area contributed by atoms with E-state index in [2.05, 4.69) is 35.6 Å². The van der Waals surface area contributed by atoms with E-state index in [1.807, 2.05) is 19.1 Å². The fourth-order valence-electron chi connectivity index (χ4n) is 6.20. The molecule has 4 amide bonds. The maximum Gasteiger partial charge on any atom is 0.273 e. The summed E-state index contributed by atoms with van der Waals surface area (Å²) in [4.78, 5) is 50.1. The lowest BCUT2D eigenvalue weighted by atomic mass is 10.0. The van der Waals surface area contributed by atoms with Gasteiger partial charge in [-0.3, -0.25) is 40.9 Å². The monoisotopic (exact) mass is 722 g/mol. The van der Waals surface area contributed by atoms with Crippen LogP contribution in [-0.4, -0.2) is 33.8 Å². The molecule has 0 aliphatic heterocycles. The minimum Gasteiger partial charge on any atom is -0.507 e. The van der Waals surface area contributed by atoms with E-state index in [1.165, 1.54) is 63.5 Å². The van der Waals surface area contributed by atoms with Gasteiger partial charge in [0.25, 0.3) is 11.8 Å². The lowest BCUT2D eigenvalue weighted by Gasteiger charge is -2.14. The van der Waals surface area contributed by atoms with Gasteiger partial charge in [-0.05, 0) is 73.9 Å². The third kappa shape index (κ3) is 18.4. The lowest BCUT2D eigenvalue weighted by molar-refractivity contribution is -0.125. The zero-order valence-corrected chi connectivity index (χ0v) is 32.1. The highest BCUT2D eigenvalue weighted by Gasteiger charge is 2.17. The number of carbonyl (C=O) groups is 4. The van der Waals surface area contributed by atoms with Gasteiger partial charge in [0.05, 0.1) is 11.1 Å². The molecule has 0 fully saturated rings. The highest BCUT2D eigenvalue weighted by molar-refractivity contribution is 5.98. The number of phenolic OH excluding ortho intramolecular Hbond substituents is 2. The number of aromatic hydroxyl groups is 2. The Balaban J connectivity index is 1.55. The summed E-state index contributed by atoms with van der Waals surface area (Å²) in [5, 5.41) is 20.4. The first-order chi connectivity index (χ1) is 25.2. The maximum atomic E-state index is 12.7. The molecule has 2 aromatic rings. The van der Waals surface area contributed by atoms with Gasteiger partial charge in [0.1, 0.15) is 11.5 Å². The molecule has 0 saturated carbocycles. The highest BCUT2D eigenvalue weighted by Crippen LogP contribution is 2.22. The predicted octanol–water partition coefficient (Wildman–Crippen LogP) is 8.88. The maximum absolute atomic E-state index is 12.7. The molecule has 2 rings (SSSR count). The average molecular weight is 723 g/mol. The Labute approximate surface area is 312 Å². The third-order valence-electron chi connectivity index (χ3n) is 9.60. The van der Waals surface area contributed by atoms with E-state index in [0.717, 1.165) is 81.8 Å². The normalized spacial score (nSPS) is 11.5. The first kappa shape index (κ1) is 44.1. The van der Waals surface area contributed by atoms with Crippen LogP contribution in [0.1, 0.15) is 181 Å². The van der Waals surface area contributed by atoms with Crippen molar-refractivity contribution in [3.05, 3.63) is 58.7 Å². The molecule has 0 aliphatic rings. The van der Waals surface area contributed by atoms with Crippen LogP contribution < -0.4 is 21.7 Å². The van der Waals surface area contributed by atoms with Crippen LogP contribution >= 0.6 is 0 Å². The summed E-state index contributed by atoms with van der Waals surface area (Å²) in [5.41, 5.74) is 12.1. The summed E-state index contributed by atoms with van der Waals surface area (Å²) in [7, 11) is 0. The SMILES string of the molecule is CCCCCCCCc1ccc(O)c(C(=O)NNC(=O)CCCCCCCCC(C)C(=O)NNC(=O)c2cc(CCCCCCCC)ccc2O)c1. The molecule has 1 atom stereocenters. The number of amides is 4. The first-order valence-corrected chi connectivity index (χ1v) is 20.0. The zero-order valence-electron chi connectivity index (χ0n) is 32.1. The van der Waals surface area contributed by atoms with Crippen molar-refractivity contribution in [2.24, 2.45) is 5.92 Å². The van der Waals surface area contributed by atoms with Crippen LogP contribution in [0.2, 0.25) is 0 Å². The Morgan fingerprint density at radius 3 is 1.46 bits per heavy atom. The van der Waals surface area contributed by atoms with Gasteiger partial charge in [-0.25, -0.2) is 0 Å². The molecule has 0 radical (unpaired) electrons. The van der Waals surface area contributed by atoms with Gasteiger partial charge in [-0.15, -0.1) is 0 Å². The van der Waals surface area contributed by atoms with Crippen LogP contribution in [0.25, 0.3) is 0 Å². The predicted molar refractivity (Wildman–Crippen MR) is 208 cm³/mol. The number of unbranched alkanes of at least 4 members (excludes halogenated alkanes) is 15. The minimum absolute atomic E-state index is 0.114. The topological polar surface area (TPSA) is 157 Å². The second kappa shape index (κ2) is 26.7. The third-order valence-corrected chi connectivity index (χ3v) is 9.60. The zero-order chi connectivity index (χ0) is 38.0. The molecule has 0 spiro atoms. The quantitative estimate of drug-likeness (QED) is 0.0421. The Kier molecular flexibility index (Phi) is 22.6. The molecule has 0 heterocycles. The molecule has 290 valence electrons. The molecular formula is C42H66N4O6. The van der Waals surface area contributed by atoms with Crippen molar-refractivity contribution in [1.82, 2.24) is 21.7 Å². The van der Waals surface area contributed by atoms with E-state index >= 15 is 0 Å². The summed E-state index contributed by atoms with van der Waals surface area (Å²) < 4.78 is 0. The smallest absolute Gasteiger partial charge is 0.273 e. The molecule has 6 N–H and O–H groups in total. The van der Waals surface area contributed by atoms with Crippen LogP contribution in [-0.2, 0) is 22.4 Å². The van der Waals surface area contributed by atoms with Gasteiger partial charge >= 0.3 is 0 Å². The van der Waals surface area contributed by atoms with Gasteiger partial charge in [0, 0.05) is 12.3 Å². The first-order valence-electron chi connectivity index (χ1n) is 20.0. The van der Waals surface area contributed by atoms with E-state index in [1.54, 1.807) is 12.1 Å². The van der Waals surface area contributed by atoms with Crippen molar-refractivity contribution in [3.8, 4) is 11.5 Å². The molecule has 52 heavy (non-hydrogen) atoms. The van der Waals surface area contributed by atoms with Crippen molar-refractivity contribution >= 4 is 23.6 Å². The highest BCUT2D eigenvalue weighted by atomic mass is 16.3. The average Bonchev–Trinajstić information content (AvgIpc) is 3.14. The lowest BCUT2D eigenvalue weighted by Crippen LogP contribution is -2.44. The van der Waals surface area contributed by atoms with Crippen molar-refractivity contribution < 1.29 is 29.4 Å². The van der Waals surface area contributed by atoms with Gasteiger partial charge in [0.15, 0.2) is 0 Å². The number of hydrogen-bond acceptors (Lipinski definition) is 6. The molecule has 0 saturated heterocycles. The van der Waals surface area contributed by atoms with E-state index in [0.29, 0.717) is 12.8 Å². The Morgan fingerprint density at radius 2 is 0.962 bits per heavy atom. The Hall–Kier alpha value is -4.08. The summed E-state index contributed by atoms with van der Waals surface area (Å²) in [6.45, 7) is 6.22. The summed E-state index contributed by atoms with van der Waals surface area (Å²) in [5.74, 6) is -2.14. The van der Waals surface area contributed by atoms with Crippen LogP contribution in [0.3, 0.4) is 0 Å². The van der Waals surface area contributed by atoms with Crippen molar-refractivity contribution in [1.29, 1.82) is 0 Å². The van der Waals surface area contributed by atoms with Gasteiger partial charge in [0.2, 0.25) is 11.8 Å². The molecule has 2 aromatic carbocycles. The molecule has 10 heteroatoms. The second-order valence-corrected chi connectivity index (χ2v) is 14.2. The second-order valence-electron chi connectivity index (χ2n) is 14.2. The van der Waals surface area contributed by atoms with Gasteiger partial charge in [-0.1, -0.05) is 129 Å². The van der Waals surface area contributed by atoms with E-state index < -0.39 is 11.8 Å². The largest absolute Gasteiger partial charge is 0.507 e. The number of rotatable bonds is 26. The molecule has 0 aromatic heterocycles. The van der Waals surface area contributed by atoms with Crippen LogP contribution in [0.15, 0.2) is 36.4 Å².